The fourth-order valence-corrected chi connectivity index (χ4v) is 1.86. The highest BCUT2D eigenvalue weighted by molar-refractivity contribution is 6.31. The minimum Gasteiger partial charge on any atom is -0.350 e. The fourth-order valence-electron chi connectivity index (χ4n) is 1.69. The van der Waals surface area contributed by atoms with Crippen LogP contribution in [0, 0.1) is 6.92 Å². The molecule has 0 aliphatic carbocycles. The molecule has 0 saturated carbocycles. The van der Waals surface area contributed by atoms with Crippen molar-refractivity contribution in [3.05, 3.63) is 34.3 Å². The van der Waals surface area contributed by atoms with Gasteiger partial charge in [0.2, 0.25) is 0 Å². The van der Waals surface area contributed by atoms with Crippen LogP contribution in [0.3, 0.4) is 0 Å². The van der Waals surface area contributed by atoms with Crippen LogP contribution in [-0.4, -0.2) is 18.0 Å². The average molecular weight is 305 g/mol. The Hall–Kier alpha value is -0.770. The van der Waals surface area contributed by atoms with E-state index >= 15 is 0 Å². The lowest BCUT2D eigenvalue weighted by molar-refractivity contribution is 0.0941. The van der Waals surface area contributed by atoms with Crippen LogP contribution in [0.4, 0.5) is 0 Å². The van der Waals surface area contributed by atoms with Gasteiger partial charge in [0.15, 0.2) is 0 Å². The van der Waals surface area contributed by atoms with E-state index in [1.807, 2.05) is 26.8 Å². The number of carbonyl (C=O) groups excluding carboxylic acids is 1. The van der Waals surface area contributed by atoms with Crippen molar-refractivity contribution >= 4 is 29.9 Å². The number of benzene rings is 1. The third-order valence-corrected chi connectivity index (χ3v) is 3.69. The van der Waals surface area contributed by atoms with Crippen LogP contribution in [0.2, 0.25) is 5.02 Å². The summed E-state index contributed by atoms with van der Waals surface area (Å²) in [6.07, 6.45) is 1.66. The summed E-state index contributed by atoms with van der Waals surface area (Å²) in [5.41, 5.74) is 7.34. The third-order valence-electron chi connectivity index (χ3n) is 3.45. The van der Waals surface area contributed by atoms with Gasteiger partial charge < -0.3 is 11.1 Å². The molecule has 0 atom stereocenters. The van der Waals surface area contributed by atoms with Crippen LogP contribution < -0.4 is 11.1 Å². The first-order chi connectivity index (χ1) is 8.41. The van der Waals surface area contributed by atoms with Crippen LogP contribution in [0.15, 0.2) is 18.2 Å². The molecule has 0 aromatic heterocycles. The molecule has 19 heavy (non-hydrogen) atoms. The van der Waals surface area contributed by atoms with E-state index < -0.39 is 0 Å². The monoisotopic (exact) mass is 304 g/mol. The highest BCUT2D eigenvalue weighted by Gasteiger charge is 2.21. The van der Waals surface area contributed by atoms with Crippen molar-refractivity contribution in [2.24, 2.45) is 5.73 Å². The molecule has 1 aromatic rings. The van der Waals surface area contributed by atoms with E-state index in [0.29, 0.717) is 17.1 Å². The second-order valence-corrected chi connectivity index (χ2v) is 5.15. The molecule has 0 aliphatic heterocycles. The van der Waals surface area contributed by atoms with Gasteiger partial charge >= 0.3 is 0 Å². The van der Waals surface area contributed by atoms with Crippen LogP contribution >= 0.6 is 24.0 Å². The Morgan fingerprint density at radius 1 is 1.37 bits per heavy atom. The summed E-state index contributed by atoms with van der Waals surface area (Å²) in [5, 5.41) is 3.45. The Kier molecular flexibility index (Phi) is 7.42. The lowest BCUT2D eigenvalue weighted by Gasteiger charge is -2.27. The number of rotatable bonds is 5. The highest BCUT2D eigenvalue weighted by Crippen LogP contribution is 2.16. The first kappa shape index (κ1) is 18.2. The Balaban J connectivity index is 0.00000324. The van der Waals surface area contributed by atoms with Gasteiger partial charge in [-0.3, -0.25) is 4.79 Å². The van der Waals surface area contributed by atoms with Crippen molar-refractivity contribution in [2.45, 2.75) is 39.2 Å². The maximum atomic E-state index is 12.1. The lowest BCUT2D eigenvalue weighted by atomic mass is 9.94. The molecule has 3 N–H and O–H groups in total. The molecule has 0 spiro atoms. The molecule has 1 aromatic carbocycles. The standard InChI is InChI=1S/C14H21ClN2O.ClH/c1-4-14(16,5-2)9-17-13(18)12-8-11(15)7-6-10(12)3;/h6-8H,4-5,9,16H2,1-3H3,(H,17,18);1H. The van der Waals surface area contributed by atoms with Gasteiger partial charge in [0, 0.05) is 22.7 Å². The highest BCUT2D eigenvalue weighted by atomic mass is 35.5. The largest absolute Gasteiger partial charge is 0.350 e. The molecule has 1 amide bonds. The number of aryl methyl sites for hydroxylation is 1. The second-order valence-electron chi connectivity index (χ2n) is 4.71. The number of nitrogens with one attached hydrogen (secondary N) is 1. The molecule has 0 saturated heterocycles. The minimum atomic E-state index is -0.331. The summed E-state index contributed by atoms with van der Waals surface area (Å²) < 4.78 is 0. The number of hydrogen-bond acceptors (Lipinski definition) is 2. The van der Waals surface area contributed by atoms with Gasteiger partial charge in [0.05, 0.1) is 0 Å². The predicted octanol–water partition coefficient (Wildman–Crippen LogP) is 3.32. The number of nitrogens with two attached hydrogens (primary N) is 1. The number of carbonyl (C=O) groups is 1. The quantitative estimate of drug-likeness (QED) is 0.877. The summed E-state index contributed by atoms with van der Waals surface area (Å²) in [6.45, 7) is 6.42. The molecule has 0 fully saturated rings. The normalized spacial score (nSPS) is 10.8. The van der Waals surface area contributed by atoms with Gasteiger partial charge in [0.1, 0.15) is 0 Å². The number of halogens is 2. The Morgan fingerprint density at radius 2 is 1.95 bits per heavy atom. The van der Waals surface area contributed by atoms with Crippen molar-refractivity contribution in [1.29, 1.82) is 0 Å². The van der Waals surface area contributed by atoms with Gasteiger partial charge in [0.25, 0.3) is 5.91 Å². The summed E-state index contributed by atoms with van der Waals surface area (Å²) in [7, 11) is 0. The molecule has 0 bridgehead atoms. The van der Waals surface area contributed by atoms with Gasteiger partial charge in [-0.2, -0.15) is 0 Å². The maximum Gasteiger partial charge on any atom is 0.251 e. The first-order valence-corrected chi connectivity index (χ1v) is 6.63. The average Bonchev–Trinajstić information content (AvgIpc) is 2.38. The summed E-state index contributed by atoms with van der Waals surface area (Å²) in [5.74, 6) is -0.119. The van der Waals surface area contributed by atoms with Crippen molar-refractivity contribution in [3.8, 4) is 0 Å². The van der Waals surface area contributed by atoms with Crippen LogP contribution in [0.5, 0.6) is 0 Å². The van der Waals surface area contributed by atoms with Crippen LogP contribution in [0.25, 0.3) is 0 Å². The molecular formula is C14H22Cl2N2O. The smallest absolute Gasteiger partial charge is 0.251 e. The fraction of sp³-hybridized carbons (Fsp3) is 0.500. The molecule has 0 radical (unpaired) electrons. The molecule has 108 valence electrons. The Labute approximate surface area is 126 Å². The first-order valence-electron chi connectivity index (χ1n) is 6.25. The summed E-state index contributed by atoms with van der Waals surface area (Å²) in [6, 6.07) is 5.30. The van der Waals surface area contributed by atoms with E-state index in [4.69, 9.17) is 17.3 Å². The van der Waals surface area contributed by atoms with E-state index in [1.165, 1.54) is 0 Å². The number of amides is 1. The van der Waals surface area contributed by atoms with Gasteiger partial charge in [-0.25, -0.2) is 0 Å². The van der Waals surface area contributed by atoms with E-state index in [1.54, 1.807) is 12.1 Å². The zero-order chi connectivity index (χ0) is 13.8. The van der Waals surface area contributed by atoms with Crippen molar-refractivity contribution in [3.63, 3.8) is 0 Å². The molecule has 0 aliphatic rings. The van der Waals surface area contributed by atoms with E-state index in [2.05, 4.69) is 5.32 Å². The molecule has 1 rings (SSSR count). The minimum absolute atomic E-state index is 0. The number of hydrogen-bond donors (Lipinski definition) is 2. The SMILES string of the molecule is CCC(N)(CC)CNC(=O)c1cc(Cl)ccc1C.Cl. The van der Waals surface area contributed by atoms with E-state index in [0.717, 1.165) is 18.4 Å². The molecule has 0 unspecified atom stereocenters. The van der Waals surface area contributed by atoms with E-state index in [9.17, 15) is 4.79 Å². The van der Waals surface area contributed by atoms with Crippen molar-refractivity contribution < 1.29 is 4.79 Å². The third kappa shape index (κ3) is 5.01. The molecule has 0 heterocycles. The van der Waals surface area contributed by atoms with Crippen LogP contribution in [0.1, 0.15) is 42.6 Å². The maximum absolute atomic E-state index is 12.1. The zero-order valence-electron chi connectivity index (χ0n) is 11.6. The van der Waals surface area contributed by atoms with Gasteiger partial charge in [-0.15, -0.1) is 12.4 Å². The molecule has 3 nitrogen and oxygen atoms in total. The van der Waals surface area contributed by atoms with Gasteiger partial charge in [-0.05, 0) is 37.5 Å². The van der Waals surface area contributed by atoms with Gasteiger partial charge in [-0.1, -0.05) is 31.5 Å². The van der Waals surface area contributed by atoms with Crippen LogP contribution in [-0.2, 0) is 0 Å². The summed E-state index contributed by atoms with van der Waals surface area (Å²) in [4.78, 5) is 12.1. The second kappa shape index (κ2) is 7.73. The lowest BCUT2D eigenvalue weighted by Crippen LogP contribution is -2.49. The van der Waals surface area contributed by atoms with E-state index in [-0.39, 0.29) is 23.9 Å². The van der Waals surface area contributed by atoms with Crippen molar-refractivity contribution in [2.75, 3.05) is 6.54 Å². The Bertz CT molecular complexity index is 431. The Morgan fingerprint density at radius 3 is 2.47 bits per heavy atom. The predicted molar refractivity (Wildman–Crippen MR) is 83.3 cm³/mol. The molecular weight excluding hydrogens is 283 g/mol. The molecule has 5 heteroatoms. The summed E-state index contributed by atoms with van der Waals surface area (Å²) >= 11 is 5.90. The van der Waals surface area contributed by atoms with Crippen molar-refractivity contribution in [1.82, 2.24) is 5.32 Å². The topological polar surface area (TPSA) is 55.1 Å². The zero-order valence-corrected chi connectivity index (χ0v) is 13.2.